The molecule has 1 heteroatoms. The van der Waals surface area contributed by atoms with E-state index in [2.05, 4.69) is 83.1 Å². The molecule has 0 atom stereocenters. The normalized spacial score (nSPS) is 38.2. The van der Waals surface area contributed by atoms with Crippen LogP contribution in [0, 0.1) is 66.1 Å². The molecule has 2 fully saturated rings. The average Bonchev–Trinajstić information content (AvgIpc) is 3.04. The predicted molar refractivity (Wildman–Crippen MR) is 144 cm³/mol. The van der Waals surface area contributed by atoms with Crippen molar-refractivity contribution in [3.63, 3.8) is 0 Å². The Morgan fingerprint density at radius 1 is 0.375 bits per heavy atom. The van der Waals surface area contributed by atoms with Gasteiger partial charge in [0.05, 0.1) is 0 Å². The van der Waals surface area contributed by atoms with Crippen LogP contribution in [0.4, 0.5) is 0 Å². The largest absolute Gasteiger partial charge is 0.343 e. The second kappa shape index (κ2) is 19.3. The maximum Gasteiger partial charge on any atom is 0 e. The van der Waals surface area contributed by atoms with Crippen LogP contribution in [0.3, 0.4) is 0 Å². The first-order valence-electron chi connectivity index (χ1n) is 14.3. The summed E-state index contributed by atoms with van der Waals surface area (Å²) >= 11 is 0. The molecule has 0 saturated heterocycles. The van der Waals surface area contributed by atoms with Crippen molar-refractivity contribution in [1.82, 2.24) is 0 Å². The maximum absolute atomic E-state index is 3.83. The summed E-state index contributed by atoms with van der Waals surface area (Å²) in [5.74, 6) is 9.35. The molecule has 0 heterocycles. The molecule has 0 unspecified atom stereocenters. The first-order valence-corrected chi connectivity index (χ1v) is 14.3. The van der Waals surface area contributed by atoms with Crippen molar-refractivity contribution in [2.24, 2.45) is 59.2 Å². The zero-order chi connectivity index (χ0) is 24.1. The van der Waals surface area contributed by atoms with Gasteiger partial charge >= 0.3 is 0 Å². The Bertz CT molecular complexity index is 291. The van der Waals surface area contributed by atoms with Crippen molar-refractivity contribution in [2.45, 2.75) is 134 Å². The summed E-state index contributed by atoms with van der Waals surface area (Å²) in [5.41, 5.74) is 0. The molecule has 2 aliphatic carbocycles. The van der Waals surface area contributed by atoms with E-state index in [0.717, 1.165) is 65.6 Å². The van der Waals surface area contributed by atoms with E-state index in [1.165, 1.54) is 51.4 Å². The van der Waals surface area contributed by atoms with Crippen LogP contribution in [0.5, 0.6) is 0 Å². The zero-order valence-corrected chi connectivity index (χ0v) is 27.3. The first kappa shape index (κ1) is 35.3. The summed E-state index contributed by atoms with van der Waals surface area (Å²) < 4.78 is 0. The van der Waals surface area contributed by atoms with Crippen LogP contribution in [-0.2, 0) is 32.7 Å². The van der Waals surface area contributed by atoms with Crippen molar-refractivity contribution >= 4 is 0 Å². The minimum absolute atomic E-state index is 0. The number of hydrogen-bond donors (Lipinski definition) is 0. The monoisotopic (exact) mass is 524 g/mol. The topological polar surface area (TPSA) is 0 Å². The van der Waals surface area contributed by atoms with Gasteiger partial charge in [-0.3, -0.25) is 0 Å². The van der Waals surface area contributed by atoms with Crippen molar-refractivity contribution in [3.8, 4) is 0 Å². The molecule has 0 bridgehead atoms. The van der Waals surface area contributed by atoms with Gasteiger partial charge in [0.15, 0.2) is 0 Å². The Kier molecular flexibility index (Phi) is 21.3. The van der Waals surface area contributed by atoms with Gasteiger partial charge in [-0.05, 0) is 59.2 Å². The molecule has 0 aromatic rings. The van der Waals surface area contributed by atoms with Crippen LogP contribution in [0.2, 0.25) is 0 Å². The molecule has 0 N–H and O–H groups in total. The molecule has 0 spiro atoms. The van der Waals surface area contributed by atoms with E-state index < -0.39 is 0 Å². The molecule has 0 aliphatic heterocycles. The Morgan fingerprint density at radius 3 is 0.750 bits per heavy atom. The summed E-state index contributed by atoms with van der Waals surface area (Å²) in [6.45, 7) is 30.1. The van der Waals surface area contributed by atoms with E-state index in [1.807, 2.05) is 0 Å². The number of rotatable bonds is 8. The molecule has 2 aliphatic rings. The van der Waals surface area contributed by atoms with Gasteiger partial charge in [0.1, 0.15) is 0 Å². The smallest absolute Gasteiger partial charge is 0 e. The van der Waals surface area contributed by atoms with Crippen LogP contribution in [0.1, 0.15) is 134 Å². The van der Waals surface area contributed by atoms with Gasteiger partial charge in [0, 0.05) is 32.7 Å². The summed E-state index contributed by atoms with van der Waals surface area (Å²) in [6.07, 6.45) is 12.4. The molecular formula is C31H63Y-. The van der Waals surface area contributed by atoms with Crippen LogP contribution in [0.15, 0.2) is 0 Å². The average molecular weight is 525 g/mol. The van der Waals surface area contributed by atoms with E-state index in [1.54, 1.807) is 0 Å². The first-order chi connectivity index (χ1) is 14.5. The fraction of sp³-hybridized carbons (Fsp3) is 0.968. The maximum atomic E-state index is 3.83. The van der Waals surface area contributed by atoms with Crippen LogP contribution in [-0.4, -0.2) is 0 Å². The third-order valence-corrected chi connectivity index (χ3v) is 10.4. The van der Waals surface area contributed by atoms with Gasteiger partial charge in [-0.25, -0.2) is 0 Å². The van der Waals surface area contributed by atoms with Crippen LogP contribution in [0.25, 0.3) is 0 Å². The molecule has 0 nitrogen and oxygen atoms in total. The van der Waals surface area contributed by atoms with Crippen LogP contribution < -0.4 is 0 Å². The molecule has 0 aromatic heterocycles. The third-order valence-electron chi connectivity index (χ3n) is 10.4. The Labute approximate surface area is 231 Å². The molecule has 191 valence electrons. The summed E-state index contributed by atoms with van der Waals surface area (Å²) in [7, 11) is 0. The van der Waals surface area contributed by atoms with Crippen molar-refractivity contribution in [1.29, 1.82) is 0 Å². The molecule has 32 heavy (non-hydrogen) atoms. The Balaban J connectivity index is 0. The molecule has 2 rings (SSSR count). The zero-order valence-electron chi connectivity index (χ0n) is 24.4. The second-order valence-corrected chi connectivity index (χ2v) is 11.9. The van der Waals surface area contributed by atoms with E-state index >= 15 is 0 Å². The summed E-state index contributed by atoms with van der Waals surface area (Å²) in [4.78, 5) is 0. The molecule has 1 radical (unpaired) electrons. The van der Waals surface area contributed by atoms with Gasteiger partial charge in [0.2, 0.25) is 0 Å². The van der Waals surface area contributed by atoms with Crippen molar-refractivity contribution in [2.75, 3.05) is 0 Å². The van der Waals surface area contributed by atoms with Gasteiger partial charge in [-0.2, -0.15) is 6.42 Å². The second-order valence-electron chi connectivity index (χ2n) is 11.9. The van der Waals surface area contributed by atoms with Gasteiger partial charge in [-0.1, -0.05) is 128 Å². The SMILES string of the molecule is CC1C(C)C(C)C(C)C1C.CC1C(C)C(C)C(C)C1C.[CH2-]CCCCCCCCCC.[Y]. The fourth-order valence-corrected chi connectivity index (χ4v) is 6.10. The van der Waals surface area contributed by atoms with E-state index in [0.29, 0.717) is 0 Å². The Morgan fingerprint density at radius 2 is 0.562 bits per heavy atom. The molecule has 2 saturated carbocycles. The standard InChI is InChI=1S/C11H23.2C10H20.Y/c1-3-5-7-9-11-10-8-6-4-2;2*1-6-7(2)9(4)10(5)8(6)3;/h1,3-11H2,2H3;2*6-10H,1-5H3;/q-1;;;. The summed E-state index contributed by atoms with van der Waals surface area (Å²) in [5, 5.41) is 0. The Hall–Kier alpha value is 1.10. The van der Waals surface area contributed by atoms with Crippen molar-refractivity contribution < 1.29 is 32.7 Å². The van der Waals surface area contributed by atoms with Crippen molar-refractivity contribution in [3.05, 3.63) is 6.92 Å². The van der Waals surface area contributed by atoms with E-state index in [9.17, 15) is 0 Å². The molecule has 0 amide bonds. The van der Waals surface area contributed by atoms with Gasteiger partial charge in [-0.15, -0.1) is 0 Å². The number of unbranched alkanes of at least 4 members (excludes halogenated alkanes) is 8. The molecular weight excluding hydrogens is 461 g/mol. The minimum atomic E-state index is 0. The fourth-order valence-electron chi connectivity index (χ4n) is 6.10. The quantitative estimate of drug-likeness (QED) is 0.219. The van der Waals surface area contributed by atoms with Crippen LogP contribution >= 0.6 is 0 Å². The summed E-state index contributed by atoms with van der Waals surface area (Å²) in [6, 6.07) is 0. The number of hydrogen-bond acceptors (Lipinski definition) is 0. The minimum Gasteiger partial charge on any atom is -0.343 e. The van der Waals surface area contributed by atoms with Gasteiger partial charge < -0.3 is 6.92 Å². The predicted octanol–water partition coefficient (Wildman–Crippen LogP) is 10.7. The van der Waals surface area contributed by atoms with E-state index in [-0.39, 0.29) is 32.7 Å². The van der Waals surface area contributed by atoms with E-state index in [4.69, 9.17) is 0 Å². The third kappa shape index (κ3) is 11.7. The molecule has 0 aromatic carbocycles. The van der Waals surface area contributed by atoms with Gasteiger partial charge in [0.25, 0.3) is 0 Å².